The van der Waals surface area contributed by atoms with Crippen molar-refractivity contribution in [3.63, 3.8) is 0 Å². The number of nitrogens with one attached hydrogen (secondary N) is 1. The van der Waals surface area contributed by atoms with Gasteiger partial charge in [0.25, 0.3) is 0 Å². The number of aromatic nitrogens is 2. The van der Waals surface area contributed by atoms with E-state index in [4.69, 9.17) is 0 Å². The number of hydrogen-bond acceptors (Lipinski definition) is 6. The topological polar surface area (TPSA) is 37.8 Å². The van der Waals surface area contributed by atoms with Crippen molar-refractivity contribution in [3.8, 4) is 0 Å². The van der Waals surface area contributed by atoms with Crippen LogP contribution in [0.25, 0.3) is 0 Å². The molecule has 2 aromatic heterocycles. The molecule has 0 bridgehead atoms. The van der Waals surface area contributed by atoms with Gasteiger partial charge in [0.05, 0.1) is 0 Å². The summed E-state index contributed by atoms with van der Waals surface area (Å²) in [4.78, 5) is 1.42. The van der Waals surface area contributed by atoms with E-state index >= 15 is 0 Å². The predicted molar refractivity (Wildman–Crippen MR) is 89.2 cm³/mol. The molecule has 2 aromatic rings. The molecule has 108 valence electrons. The maximum Gasteiger partial charge on any atom is 0.206 e. The van der Waals surface area contributed by atoms with Gasteiger partial charge in [0, 0.05) is 16.7 Å². The number of hydrogen-bond donors (Lipinski definition) is 1. The van der Waals surface area contributed by atoms with Crippen LogP contribution in [0, 0.1) is 0 Å². The Morgan fingerprint density at radius 1 is 1.25 bits per heavy atom. The van der Waals surface area contributed by atoms with Crippen LogP contribution in [0.15, 0.2) is 21.9 Å². The van der Waals surface area contributed by atoms with Crippen molar-refractivity contribution in [2.24, 2.45) is 0 Å². The lowest BCUT2D eigenvalue weighted by Crippen LogP contribution is -2.07. The molecule has 3 nitrogen and oxygen atoms in total. The van der Waals surface area contributed by atoms with Crippen molar-refractivity contribution in [2.75, 3.05) is 11.9 Å². The zero-order valence-corrected chi connectivity index (χ0v) is 13.8. The zero-order valence-electron chi connectivity index (χ0n) is 11.4. The molecule has 20 heavy (non-hydrogen) atoms. The highest BCUT2D eigenvalue weighted by Gasteiger charge is 2.16. The molecule has 0 atom stereocenters. The van der Waals surface area contributed by atoms with E-state index in [1.165, 1.54) is 37.0 Å². The molecular formula is C14H19N3S3. The molecule has 1 N–H and O–H groups in total. The van der Waals surface area contributed by atoms with Crippen molar-refractivity contribution in [2.45, 2.75) is 48.1 Å². The third-order valence-corrected chi connectivity index (χ3v) is 6.69. The first kappa shape index (κ1) is 14.4. The molecule has 0 unspecified atom stereocenters. The molecule has 0 spiro atoms. The van der Waals surface area contributed by atoms with Crippen LogP contribution in [0.1, 0.15) is 37.0 Å². The van der Waals surface area contributed by atoms with E-state index in [1.807, 2.05) is 23.1 Å². The lowest BCUT2D eigenvalue weighted by atomic mass is 10.0. The Kier molecular flexibility index (Phi) is 5.33. The smallest absolute Gasteiger partial charge is 0.206 e. The molecule has 1 aliphatic carbocycles. The normalized spacial score (nSPS) is 16.4. The van der Waals surface area contributed by atoms with E-state index in [9.17, 15) is 0 Å². The fourth-order valence-electron chi connectivity index (χ4n) is 2.40. The monoisotopic (exact) mass is 325 g/mol. The van der Waals surface area contributed by atoms with Crippen molar-refractivity contribution >= 4 is 39.6 Å². The average molecular weight is 326 g/mol. The highest BCUT2D eigenvalue weighted by Crippen LogP contribution is 2.35. The number of nitrogens with zero attached hydrogens (tertiary/aromatic N) is 2. The van der Waals surface area contributed by atoms with Crippen LogP contribution in [0.3, 0.4) is 0 Å². The van der Waals surface area contributed by atoms with Crippen molar-refractivity contribution < 1.29 is 0 Å². The molecule has 0 aliphatic heterocycles. The minimum atomic E-state index is 0.760. The molecule has 3 rings (SSSR count). The van der Waals surface area contributed by atoms with Gasteiger partial charge in [-0.3, -0.25) is 0 Å². The summed E-state index contributed by atoms with van der Waals surface area (Å²) in [6, 6.07) is 4.28. The molecule has 0 amide bonds. The van der Waals surface area contributed by atoms with Crippen molar-refractivity contribution in [3.05, 3.63) is 22.4 Å². The van der Waals surface area contributed by atoms with E-state index in [0.29, 0.717) is 0 Å². The molecule has 2 heterocycles. The van der Waals surface area contributed by atoms with Crippen LogP contribution < -0.4 is 5.32 Å². The molecule has 1 fully saturated rings. The first-order valence-corrected chi connectivity index (χ1v) is 9.74. The van der Waals surface area contributed by atoms with Gasteiger partial charge in [0.2, 0.25) is 5.13 Å². The van der Waals surface area contributed by atoms with Gasteiger partial charge in [-0.15, -0.1) is 21.5 Å². The summed E-state index contributed by atoms with van der Waals surface area (Å²) >= 11 is 5.43. The SMILES string of the molecule is c1csc(CCNc2nnc(SC3CCCCC3)s2)c1. The van der Waals surface area contributed by atoms with Crippen LogP contribution in [-0.2, 0) is 6.42 Å². The molecule has 0 saturated heterocycles. The quantitative estimate of drug-likeness (QED) is 0.837. The van der Waals surface area contributed by atoms with Gasteiger partial charge < -0.3 is 5.32 Å². The van der Waals surface area contributed by atoms with Crippen LogP contribution in [0.4, 0.5) is 5.13 Å². The van der Waals surface area contributed by atoms with E-state index in [2.05, 4.69) is 33.0 Å². The first-order valence-electron chi connectivity index (χ1n) is 7.16. The summed E-state index contributed by atoms with van der Waals surface area (Å²) < 4.78 is 1.12. The first-order chi connectivity index (χ1) is 9.90. The maximum atomic E-state index is 4.30. The minimum absolute atomic E-state index is 0.760. The van der Waals surface area contributed by atoms with Gasteiger partial charge in [-0.05, 0) is 30.7 Å². The molecule has 6 heteroatoms. The maximum absolute atomic E-state index is 4.30. The van der Waals surface area contributed by atoms with Gasteiger partial charge in [0.15, 0.2) is 4.34 Å². The molecule has 0 aromatic carbocycles. The standard InChI is InChI=1S/C14H19N3S3/c1-2-5-12(6-3-1)19-14-17-16-13(20-14)15-9-8-11-7-4-10-18-11/h4,7,10,12H,1-3,5-6,8-9H2,(H,15,16). The molecular weight excluding hydrogens is 306 g/mol. The average Bonchev–Trinajstić information content (AvgIpc) is 3.12. The van der Waals surface area contributed by atoms with Gasteiger partial charge >= 0.3 is 0 Å². The summed E-state index contributed by atoms with van der Waals surface area (Å²) in [5, 5.41) is 15.8. The predicted octanol–water partition coefficient (Wildman–Crippen LogP) is 4.68. The molecule has 1 saturated carbocycles. The number of thioether (sulfide) groups is 1. The summed E-state index contributed by atoms with van der Waals surface area (Å²) in [6.07, 6.45) is 7.90. The van der Waals surface area contributed by atoms with Crippen LogP contribution in [-0.4, -0.2) is 22.0 Å². The summed E-state index contributed by atoms with van der Waals surface area (Å²) in [7, 11) is 0. The molecule has 1 aliphatic rings. The highest BCUT2D eigenvalue weighted by molar-refractivity contribution is 8.01. The third-order valence-electron chi connectivity index (χ3n) is 3.45. The van der Waals surface area contributed by atoms with E-state index in [0.717, 1.165) is 27.7 Å². The second-order valence-electron chi connectivity index (χ2n) is 5.01. The van der Waals surface area contributed by atoms with Gasteiger partial charge in [0.1, 0.15) is 0 Å². The number of thiophene rings is 1. The largest absolute Gasteiger partial charge is 0.360 e. The van der Waals surface area contributed by atoms with Gasteiger partial charge in [-0.25, -0.2) is 0 Å². The summed E-state index contributed by atoms with van der Waals surface area (Å²) in [5.41, 5.74) is 0. The molecule has 0 radical (unpaired) electrons. The Morgan fingerprint density at radius 3 is 2.95 bits per heavy atom. The van der Waals surface area contributed by atoms with E-state index in [1.54, 1.807) is 11.3 Å². The Labute approximate surface area is 132 Å². The summed E-state index contributed by atoms with van der Waals surface area (Å²) in [6.45, 7) is 0.934. The lowest BCUT2D eigenvalue weighted by molar-refractivity contribution is 0.516. The van der Waals surface area contributed by atoms with Gasteiger partial charge in [-0.1, -0.05) is 48.4 Å². The number of anilines is 1. The van der Waals surface area contributed by atoms with Crippen LogP contribution in [0.2, 0.25) is 0 Å². The zero-order chi connectivity index (χ0) is 13.6. The fourth-order valence-corrected chi connectivity index (χ4v) is 5.39. The van der Waals surface area contributed by atoms with E-state index in [-0.39, 0.29) is 0 Å². The minimum Gasteiger partial charge on any atom is -0.360 e. The lowest BCUT2D eigenvalue weighted by Gasteiger charge is -2.19. The highest BCUT2D eigenvalue weighted by atomic mass is 32.2. The Morgan fingerprint density at radius 2 is 2.15 bits per heavy atom. The van der Waals surface area contributed by atoms with Crippen LogP contribution >= 0.6 is 34.4 Å². The second kappa shape index (κ2) is 7.43. The van der Waals surface area contributed by atoms with Crippen molar-refractivity contribution in [1.82, 2.24) is 10.2 Å². The van der Waals surface area contributed by atoms with Crippen molar-refractivity contribution in [1.29, 1.82) is 0 Å². The Hall–Kier alpha value is -0.590. The van der Waals surface area contributed by atoms with E-state index < -0.39 is 0 Å². The Balaban J connectivity index is 1.44. The Bertz CT molecular complexity index is 503. The number of rotatable bonds is 6. The van der Waals surface area contributed by atoms with Gasteiger partial charge in [-0.2, -0.15) is 0 Å². The summed E-state index contributed by atoms with van der Waals surface area (Å²) in [5.74, 6) is 0. The van der Waals surface area contributed by atoms with Crippen LogP contribution in [0.5, 0.6) is 0 Å². The third kappa shape index (κ3) is 4.20. The second-order valence-corrected chi connectivity index (χ2v) is 8.56. The fraction of sp³-hybridized carbons (Fsp3) is 0.571.